The van der Waals surface area contributed by atoms with Crippen LogP contribution in [0.3, 0.4) is 0 Å². The van der Waals surface area contributed by atoms with E-state index in [4.69, 9.17) is 18.9 Å². The van der Waals surface area contributed by atoms with Crippen molar-refractivity contribution in [2.45, 2.75) is 13.8 Å². The van der Waals surface area contributed by atoms with E-state index in [1.807, 2.05) is 6.92 Å². The first kappa shape index (κ1) is 19.2. The molecule has 0 aromatic heterocycles. The highest BCUT2D eigenvalue weighted by atomic mass is 16.7. The molecule has 2 aromatic rings. The summed E-state index contributed by atoms with van der Waals surface area (Å²) in [4.78, 5) is 36.1. The molecule has 1 aliphatic rings. The second-order valence-corrected chi connectivity index (χ2v) is 5.89. The minimum Gasteiger partial charge on any atom is -0.494 e. The van der Waals surface area contributed by atoms with E-state index < -0.39 is 18.5 Å². The van der Waals surface area contributed by atoms with E-state index in [-0.39, 0.29) is 23.8 Å². The summed E-state index contributed by atoms with van der Waals surface area (Å²) >= 11 is 0. The molecular formula is C20H19NO7. The van der Waals surface area contributed by atoms with Crippen LogP contribution in [0.2, 0.25) is 0 Å². The molecule has 3 rings (SSSR count). The third-order valence-electron chi connectivity index (χ3n) is 3.90. The molecule has 1 amide bonds. The summed E-state index contributed by atoms with van der Waals surface area (Å²) in [5, 5.41) is 2.56. The van der Waals surface area contributed by atoms with Crippen molar-refractivity contribution in [1.82, 2.24) is 0 Å². The lowest BCUT2D eigenvalue weighted by Crippen LogP contribution is -2.22. The molecule has 28 heavy (non-hydrogen) atoms. The van der Waals surface area contributed by atoms with Crippen molar-refractivity contribution in [1.29, 1.82) is 0 Å². The normalized spacial score (nSPS) is 11.6. The average Bonchev–Trinajstić information content (AvgIpc) is 3.13. The Morgan fingerprint density at radius 3 is 2.39 bits per heavy atom. The quantitative estimate of drug-likeness (QED) is 0.578. The van der Waals surface area contributed by atoms with E-state index in [2.05, 4.69) is 5.32 Å². The molecule has 0 fully saturated rings. The van der Waals surface area contributed by atoms with Crippen molar-refractivity contribution in [3.05, 3.63) is 47.5 Å². The van der Waals surface area contributed by atoms with Crippen LogP contribution >= 0.6 is 0 Å². The number of fused-ring (bicyclic) bond motifs is 1. The Hall–Kier alpha value is -3.55. The summed E-state index contributed by atoms with van der Waals surface area (Å²) < 4.78 is 20.8. The summed E-state index contributed by atoms with van der Waals surface area (Å²) in [6, 6.07) is 9.41. The average molecular weight is 385 g/mol. The van der Waals surface area contributed by atoms with Gasteiger partial charge in [0.1, 0.15) is 5.75 Å². The molecule has 0 bridgehead atoms. The van der Waals surface area contributed by atoms with Crippen molar-refractivity contribution >= 4 is 23.3 Å². The number of anilines is 1. The summed E-state index contributed by atoms with van der Waals surface area (Å²) in [5.74, 6) is 0.0180. The third kappa shape index (κ3) is 4.40. The monoisotopic (exact) mass is 385 g/mol. The first-order valence-electron chi connectivity index (χ1n) is 8.62. The predicted octanol–water partition coefficient (Wildman–Crippen LogP) is 2.81. The van der Waals surface area contributed by atoms with Gasteiger partial charge in [-0.15, -0.1) is 0 Å². The highest BCUT2D eigenvalue weighted by molar-refractivity contribution is 6.05. The van der Waals surface area contributed by atoms with E-state index in [9.17, 15) is 14.4 Å². The molecule has 1 aliphatic heterocycles. The van der Waals surface area contributed by atoms with Gasteiger partial charge in [0.25, 0.3) is 5.91 Å². The first-order chi connectivity index (χ1) is 13.5. The number of rotatable bonds is 7. The molecular weight excluding hydrogens is 366 g/mol. The van der Waals surface area contributed by atoms with Crippen molar-refractivity contribution < 1.29 is 33.3 Å². The lowest BCUT2D eigenvalue weighted by atomic mass is 10.1. The smallest absolute Gasteiger partial charge is 0.338 e. The molecule has 1 N–H and O–H groups in total. The van der Waals surface area contributed by atoms with Gasteiger partial charge < -0.3 is 24.3 Å². The highest BCUT2D eigenvalue weighted by Gasteiger charge is 2.21. The maximum absolute atomic E-state index is 12.2. The number of nitrogens with one attached hydrogen (secondary N) is 1. The number of Topliss-reactive ketones (excluding diaryl/α,β-unsaturated/α-hetero) is 1. The highest BCUT2D eigenvalue weighted by Crippen LogP contribution is 2.37. The van der Waals surface area contributed by atoms with Gasteiger partial charge in [0.2, 0.25) is 6.79 Å². The fourth-order valence-corrected chi connectivity index (χ4v) is 2.59. The number of esters is 1. The summed E-state index contributed by atoms with van der Waals surface area (Å²) in [6.07, 6.45) is 0. The van der Waals surface area contributed by atoms with Crippen LogP contribution in [0.5, 0.6) is 17.2 Å². The molecule has 0 saturated carbocycles. The predicted molar refractivity (Wildman–Crippen MR) is 99.1 cm³/mol. The number of carbonyl (C=O) groups is 3. The Morgan fingerprint density at radius 1 is 1.07 bits per heavy atom. The van der Waals surface area contributed by atoms with Crippen LogP contribution in [-0.2, 0) is 9.53 Å². The van der Waals surface area contributed by atoms with Crippen LogP contribution in [0.1, 0.15) is 34.6 Å². The topological polar surface area (TPSA) is 100 Å². The number of ether oxygens (including phenoxy) is 4. The van der Waals surface area contributed by atoms with Crippen molar-refractivity contribution in [3.63, 3.8) is 0 Å². The van der Waals surface area contributed by atoms with Gasteiger partial charge in [-0.25, -0.2) is 4.79 Å². The number of hydrogen-bond acceptors (Lipinski definition) is 7. The van der Waals surface area contributed by atoms with Crippen LogP contribution in [-0.4, -0.2) is 37.7 Å². The second kappa shape index (κ2) is 8.43. The number of hydrogen-bond donors (Lipinski definition) is 1. The van der Waals surface area contributed by atoms with Crippen LogP contribution in [0.4, 0.5) is 5.69 Å². The Balaban J connectivity index is 1.61. The molecule has 8 heteroatoms. The van der Waals surface area contributed by atoms with Gasteiger partial charge in [0.05, 0.1) is 17.9 Å². The number of ketones is 1. The molecule has 1 heterocycles. The Kier molecular flexibility index (Phi) is 5.78. The van der Waals surface area contributed by atoms with Crippen LogP contribution in [0, 0.1) is 0 Å². The number of benzene rings is 2. The molecule has 146 valence electrons. The number of amides is 1. The Morgan fingerprint density at radius 2 is 1.75 bits per heavy atom. The van der Waals surface area contributed by atoms with Gasteiger partial charge >= 0.3 is 5.97 Å². The maximum atomic E-state index is 12.2. The summed E-state index contributed by atoms with van der Waals surface area (Å²) in [6.45, 7) is 3.30. The molecule has 0 saturated heterocycles. The van der Waals surface area contributed by atoms with E-state index in [1.165, 1.54) is 19.1 Å². The van der Waals surface area contributed by atoms with Crippen LogP contribution in [0.15, 0.2) is 36.4 Å². The van der Waals surface area contributed by atoms with Crippen molar-refractivity contribution in [3.8, 4) is 17.2 Å². The Labute approximate surface area is 161 Å². The Bertz CT molecular complexity index is 906. The summed E-state index contributed by atoms with van der Waals surface area (Å²) in [7, 11) is 0. The van der Waals surface area contributed by atoms with Gasteiger partial charge in [-0.3, -0.25) is 9.59 Å². The lowest BCUT2D eigenvalue weighted by Gasteiger charge is -2.11. The molecule has 0 spiro atoms. The van der Waals surface area contributed by atoms with Gasteiger partial charge in [-0.2, -0.15) is 0 Å². The zero-order valence-electron chi connectivity index (χ0n) is 15.4. The largest absolute Gasteiger partial charge is 0.494 e. The van der Waals surface area contributed by atoms with Gasteiger partial charge in [-0.1, -0.05) is 0 Å². The minimum absolute atomic E-state index is 0.0454. The summed E-state index contributed by atoms with van der Waals surface area (Å²) in [5.41, 5.74) is 0.832. The van der Waals surface area contributed by atoms with Crippen molar-refractivity contribution in [2.75, 3.05) is 25.3 Å². The van der Waals surface area contributed by atoms with Gasteiger partial charge in [-0.05, 0) is 44.2 Å². The van der Waals surface area contributed by atoms with Crippen LogP contribution < -0.4 is 19.5 Å². The zero-order valence-corrected chi connectivity index (χ0v) is 15.4. The molecule has 2 aromatic carbocycles. The number of carbonyl (C=O) groups excluding carboxylic acids is 3. The maximum Gasteiger partial charge on any atom is 0.338 e. The first-order valence-corrected chi connectivity index (χ1v) is 8.62. The van der Waals surface area contributed by atoms with E-state index in [0.29, 0.717) is 29.4 Å². The molecule has 8 nitrogen and oxygen atoms in total. The third-order valence-corrected chi connectivity index (χ3v) is 3.90. The van der Waals surface area contributed by atoms with E-state index in [1.54, 1.807) is 24.3 Å². The van der Waals surface area contributed by atoms with E-state index in [0.717, 1.165) is 0 Å². The minimum atomic E-state index is -0.643. The lowest BCUT2D eigenvalue weighted by molar-refractivity contribution is -0.119. The zero-order chi connectivity index (χ0) is 20.1. The molecule has 0 atom stereocenters. The standard InChI is InChI=1S/C20H19NO7/c1-3-25-14-6-4-13(5-7-14)20(24)26-10-19(23)21-16-9-18-17(27-11-28-18)8-15(16)12(2)22/h4-9H,3,10-11H2,1-2H3,(H,21,23). The molecule has 0 aliphatic carbocycles. The van der Waals surface area contributed by atoms with Gasteiger partial charge in [0.15, 0.2) is 23.9 Å². The molecule has 0 unspecified atom stereocenters. The SMILES string of the molecule is CCOc1ccc(C(=O)OCC(=O)Nc2cc3c(cc2C(C)=O)OCO3)cc1. The van der Waals surface area contributed by atoms with Gasteiger partial charge in [0, 0.05) is 11.6 Å². The van der Waals surface area contributed by atoms with Crippen LogP contribution in [0.25, 0.3) is 0 Å². The molecule has 0 radical (unpaired) electrons. The van der Waals surface area contributed by atoms with Crippen molar-refractivity contribution in [2.24, 2.45) is 0 Å². The second-order valence-electron chi connectivity index (χ2n) is 5.89. The fourth-order valence-electron chi connectivity index (χ4n) is 2.59. The van der Waals surface area contributed by atoms with E-state index >= 15 is 0 Å². The fraction of sp³-hybridized carbons (Fsp3) is 0.250.